The van der Waals surface area contributed by atoms with Crippen LogP contribution >= 0.6 is 23.4 Å². The first-order valence-corrected chi connectivity index (χ1v) is 7.99. The number of ether oxygens (including phenoxy) is 1. The highest BCUT2D eigenvalue weighted by Crippen LogP contribution is 2.25. The third-order valence-corrected chi connectivity index (χ3v) is 3.95. The topological polar surface area (TPSA) is 57.0 Å². The van der Waals surface area contributed by atoms with E-state index in [2.05, 4.69) is 10.2 Å². The molecule has 5 nitrogen and oxygen atoms in total. The highest BCUT2D eigenvalue weighted by atomic mass is 35.5. The van der Waals surface area contributed by atoms with Gasteiger partial charge in [-0.3, -0.25) is 4.79 Å². The second kappa shape index (κ2) is 7.47. The fraction of sp³-hybridized carbons (Fsp3) is 0.357. The molecule has 0 radical (unpaired) electrons. The molecular weight excluding hydrogens is 310 g/mol. The first-order chi connectivity index (χ1) is 10.2. The molecule has 1 aromatic carbocycles. The van der Waals surface area contributed by atoms with Crippen molar-refractivity contribution >= 4 is 29.3 Å². The smallest absolute Gasteiger partial charge is 0.316 e. The Labute approximate surface area is 132 Å². The van der Waals surface area contributed by atoms with Gasteiger partial charge in [-0.2, -0.15) is 0 Å². The van der Waals surface area contributed by atoms with Crippen LogP contribution in [0, 0.1) is 0 Å². The quantitative estimate of drug-likeness (QED) is 0.602. The minimum Gasteiger partial charge on any atom is -0.465 e. The third kappa shape index (κ3) is 3.98. The summed E-state index contributed by atoms with van der Waals surface area (Å²) in [5, 5.41) is 9.74. The van der Waals surface area contributed by atoms with Crippen LogP contribution in [0.2, 0.25) is 5.02 Å². The Hall–Kier alpha value is -1.53. The van der Waals surface area contributed by atoms with Crippen LogP contribution in [-0.4, -0.2) is 33.1 Å². The average Bonchev–Trinajstić information content (AvgIpc) is 2.89. The summed E-state index contributed by atoms with van der Waals surface area (Å²) in [6, 6.07) is 7.44. The second-order valence-corrected chi connectivity index (χ2v) is 5.53. The number of hydrogen-bond acceptors (Lipinski definition) is 5. The van der Waals surface area contributed by atoms with Gasteiger partial charge in [-0.05, 0) is 38.1 Å². The van der Waals surface area contributed by atoms with Gasteiger partial charge in [-0.25, -0.2) is 0 Å². The van der Waals surface area contributed by atoms with Gasteiger partial charge in [0.2, 0.25) is 0 Å². The van der Waals surface area contributed by atoms with Crippen LogP contribution in [0.25, 0.3) is 11.4 Å². The standard InChI is InChI=1S/C14H16ClN3O2S/c1-3-18-13(10-5-7-11(15)8-6-10)16-17-14(18)21-9-12(19)20-4-2/h5-8H,3-4,9H2,1-2H3. The van der Waals surface area contributed by atoms with Crippen LogP contribution in [-0.2, 0) is 16.1 Å². The number of hydrogen-bond donors (Lipinski definition) is 0. The summed E-state index contributed by atoms with van der Waals surface area (Å²) in [5.41, 5.74) is 0.941. The molecule has 0 fully saturated rings. The number of esters is 1. The van der Waals surface area contributed by atoms with Crippen LogP contribution in [0.1, 0.15) is 13.8 Å². The first-order valence-electron chi connectivity index (χ1n) is 6.63. The molecule has 0 aliphatic heterocycles. The van der Waals surface area contributed by atoms with E-state index in [4.69, 9.17) is 16.3 Å². The molecule has 0 N–H and O–H groups in total. The number of carbonyl (C=O) groups excluding carboxylic acids is 1. The van der Waals surface area contributed by atoms with E-state index < -0.39 is 0 Å². The van der Waals surface area contributed by atoms with Gasteiger partial charge < -0.3 is 9.30 Å². The monoisotopic (exact) mass is 325 g/mol. The summed E-state index contributed by atoms with van der Waals surface area (Å²) < 4.78 is 6.88. The van der Waals surface area contributed by atoms with Crippen molar-refractivity contribution in [2.45, 2.75) is 25.5 Å². The molecule has 0 amide bonds. The molecule has 112 valence electrons. The summed E-state index contributed by atoms with van der Waals surface area (Å²) in [6.45, 7) is 4.90. The number of rotatable bonds is 6. The van der Waals surface area contributed by atoms with Gasteiger partial charge in [0, 0.05) is 17.1 Å². The molecule has 2 aromatic rings. The van der Waals surface area contributed by atoms with Gasteiger partial charge in [-0.1, -0.05) is 23.4 Å². The highest BCUT2D eigenvalue weighted by Gasteiger charge is 2.14. The number of halogens is 1. The van der Waals surface area contributed by atoms with Gasteiger partial charge in [-0.15, -0.1) is 10.2 Å². The number of nitrogens with zero attached hydrogens (tertiary/aromatic N) is 3. The van der Waals surface area contributed by atoms with Crippen molar-refractivity contribution in [2.75, 3.05) is 12.4 Å². The lowest BCUT2D eigenvalue weighted by Gasteiger charge is -2.07. The molecule has 1 aromatic heterocycles. The molecule has 0 saturated carbocycles. The van der Waals surface area contributed by atoms with E-state index in [0.717, 1.165) is 17.9 Å². The lowest BCUT2D eigenvalue weighted by molar-refractivity contribution is -0.139. The predicted octanol–water partition coefficient (Wildman–Crippen LogP) is 3.27. The molecule has 7 heteroatoms. The fourth-order valence-corrected chi connectivity index (χ4v) is 2.75. The van der Waals surface area contributed by atoms with Gasteiger partial charge in [0.15, 0.2) is 11.0 Å². The van der Waals surface area contributed by atoms with Gasteiger partial charge in [0.25, 0.3) is 0 Å². The zero-order valence-corrected chi connectivity index (χ0v) is 13.4. The molecule has 1 heterocycles. The predicted molar refractivity (Wildman–Crippen MR) is 83.5 cm³/mol. The molecule has 0 bridgehead atoms. The molecule has 0 aliphatic rings. The molecule has 0 spiro atoms. The van der Waals surface area contributed by atoms with Gasteiger partial charge in [0.05, 0.1) is 12.4 Å². The molecule has 2 rings (SSSR count). The Morgan fingerprint density at radius 2 is 2.00 bits per heavy atom. The van der Waals surface area contributed by atoms with E-state index >= 15 is 0 Å². The fourth-order valence-electron chi connectivity index (χ4n) is 1.82. The summed E-state index contributed by atoms with van der Waals surface area (Å²) in [6.07, 6.45) is 0. The van der Waals surface area contributed by atoms with Crippen molar-refractivity contribution in [2.24, 2.45) is 0 Å². The summed E-state index contributed by atoms with van der Waals surface area (Å²) in [7, 11) is 0. The SMILES string of the molecule is CCOC(=O)CSc1nnc(-c2ccc(Cl)cc2)n1CC. The Morgan fingerprint density at radius 3 is 2.62 bits per heavy atom. The number of aromatic nitrogens is 3. The summed E-state index contributed by atoms with van der Waals surface area (Å²) in [4.78, 5) is 11.4. The van der Waals surface area contributed by atoms with Gasteiger partial charge >= 0.3 is 5.97 Å². The van der Waals surface area contributed by atoms with E-state index in [1.807, 2.05) is 35.8 Å². The van der Waals surface area contributed by atoms with Crippen molar-refractivity contribution in [3.8, 4) is 11.4 Å². The van der Waals surface area contributed by atoms with E-state index in [-0.39, 0.29) is 11.7 Å². The molecule has 21 heavy (non-hydrogen) atoms. The summed E-state index contributed by atoms with van der Waals surface area (Å²) in [5.74, 6) is 0.744. The van der Waals surface area contributed by atoms with Crippen molar-refractivity contribution in [1.82, 2.24) is 14.8 Å². The minimum atomic E-state index is -0.249. The number of carbonyl (C=O) groups is 1. The Balaban J connectivity index is 2.18. The highest BCUT2D eigenvalue weighted by molar-refractivity contribution is 7.99. The zero-order valence-electron chi connectivity index (χ0n) is 11.9. The maximum atomic E-state index is 11.4. The van der Waals surface area contributed by atoms with Crippen molar-refractivity contribution in [1.29, 1.82) is 0 Å². The second-order valence-electron chi connectivity index (χ2n) is 4.15. The molecule has 0 aliphatic carbocycles. The lowest BCUT2D eigenvalue weighted by atomic mass is 10.2. The van der Waals surface area contributed by atoms with Crippen LogP contribution in [0.5, 0.6) is 0 Å². The number of benzene rings is 1. The maximum absolute atomic E-state index is 11.4. The first kappa shape index (κ1) is 15.9. The summed E-state index contributed by atoms with van der Waals surface area (Å²) >= 11 is 7.22. The van der Waals surface area contributed by atoms with E-state index in [0.29, 0.717) is 16.8 Å². The molecular formula is C14H16ClN3O2S. The zero-order chi connectivity index (χ0) is 15.2. The normalized spacial score (nSPS) is 10.6. The van der Waals surface area contributed by atoms with Crippen molar-refractivity contribution in [3.05, 3.63) is 29.3 Å². The van der Waals surface area contributed by atoms with Crippen molar-refractivity contribution in [3.63, 3.8) is 0 Å². The van der Waals surface area contributed by atoms with Crippen LogP contribution in [0.15, 0.2) is 29.4 Å². The Kier molecular flexibility index (Phi) is 5.64. The Bertz CT molecular complexity index is 613. The van der Waals surface area contributed by atoms with Crippen LogP contribution in [0.4, 0.5) is 0 Å². The number of thioether (sulfide) groups is 1. The maximum Gasteiger partial charge on any atom is 0.316 e. The molecule has 0 unspecified atom stereocenters. The third-order valence-electron chi connectivity index (χ3n) is 2.76. The van der Waals surface area contributed by atoms with Crippen molar-refractivity contribution < 1.29 is 9.53 Å². The van der Waals surface area contributed by atoms with Crippen LogP contribution < -0.4 is 0 Å². The largest absolute Gasteiger partial charge is 0.465 e. The molecule has 0 atom stereocenters. The van der Waals surface area contributed by atoms with E-state index in [9.17, 15) is 4.79 Å². The van der Waals surface area contributed by atoms with E-state index in [1.165, 1.54) is 11.8 Å². The lowest BCUT2D eigenvalue weighted by Crippen LogP contribution is -2.08. The van der Waals surface area contributed by atoms with Crippen LogP contribution in [0.3, 0.4) is 0 Å². The Morgan fingerprint density at radius 1 is 1.29 bits per heavy atom. The van der Waals surface area contributed by atoms with Gasteiger partial charge in [0.1, 0.15) is 0 Å². The average molecular weight is 326 g/mol. The van der Waals surface area contributed by atoms with E-state index in [1.54, 1.807) is 6.92 Å². The minimum absolute atomic E-state index is 0.229. The molecule has 0 saturated heterocycles.